The summed E-state index contributed by atoms with van der Waals surface area (Å²) in [5.74, 6) is -0.435. The Hall–Kier alpha value is -1.53. The average Bonchev–Trinajstić information content (AvgIpc) is 2.95. The van der Waals surface area contributed by atoms with Crippen molar-refractivity contribution in [1.82, 2.24) is 4.90 Å². The predicted molar refractivity (Wildman–Crippen MR) is 89.8 cm³/mol. The summed E-state index contributed by atoms with van der Waals surface area (Å²) in [6.07, 6.45) is 0.507. The van der Waals surface area contributed by atoms with E-state index in [0.717, 1.165) is 4.90 Å². The Kier molecular flexibility index (Phi) is 6.07. The molecule has 0 saturated carbocycles. The number of carboxylic acid groups (broad SMARTS) is 1. The highest BCUT2D eigenvalue weighted by Crippen LogP contribution is 2.24. The van der Waals surface area contributed by atoms with Gasteiger partial charge in [-0.2, -0.15) is 0 Å². The van der Waals surface area contributed by atoms with E-state index in [1.165, 1.54) is 16.0 Å². The van der Waals surface area contributed by atoms with Crippen LogP contribution in [0.2, 0.25) is 0 Å². The van der Waals surface area contributed by atoms with E-state index in [1.807, 2.05) is 6.07 Å². The highest BCUT2D eigenvalue weighted by atomic mass is 32.2. The Morgan fingerprint density at radius 3 is 2.70 bits per heavy atom. The Morgan fingerprint density at radius 2 is 2.09 bits per heavy atom. The number of hydrogen-bond donors (Lipinski definition) is 1. The minimum atomic E-state index is -0.959. The molecule has 1 amide bonds. The zero-order valence-electron chi connectivity index (χ0n) is 13.7. The number of likely N-dealkylation sites (tertiary alicyclic amines) is 1. The molecular weight excluding hydrogens is 314 g/mol. The van der Waals surface area contributed by atoms with Crippen LogP contribution in [-0.4, -0.2) is 53.4 Å². The molecule has 2 unspecified atom stereocenters. The number of methoxy groups -OCH3 is 1. The van der Waals surface area contributed by atoms with Gasteiger partial charge in [0.1, 0.15) is 6.04 Å². The van der Waals surface area contributed by atoms with Crippen molar-refractivity contribution < 1.29 is 19.4 Å². The van der Waals surface area contributed by atoms with E-state index in [2.05, 4.69) is 26.0 Å². The van der Waals surface area contributed by atoms with Gasteiger partial charge < -0.3 is 14.7 Å². The summed E-state index contributed by atoms with van der Waals surface area (Å²) in [5.41, 5.74) is 2.48. The Balaban J connectivity index is 1.88. The Labute approximate surface area is 141 Å². The highest BCUT2D eigenvalue weighted by molar-refractivity contribution is 7.99. The zero-order valence-corrected chi connectivity index (χ0v) is 14.6. The number of hydrogen-bond acceptors (Lipinski definition) is 4. The first-order valence-electron chi connectivity index (χ1n) is 7.67. The fourth-order valence-corrected chi connectivity index (χ4v) is 3.62. The van der Waals surface area contributed by atoms with E-state index >= 15 is 0 Å². The normalized spacial score (nSPS) is 20.7. The third-order valence-corrected chi connectivity index (χ3v) is 5.26. The monoisotopic (exact) mass is 337 g/mol. The molecule has 1 aliphatic heterocycles. The summed E-state index contributed by atoms with van der Waals surface area (Å²) in [7, 11) is 1.55. The van der Waals surface area contributed by atoms with Crippen LogP contribution in [0.25, 0.3) is 0 Å². The van der Waals surface area contributed by atoms with Crippen LogP contribution in [0.15, 0.2) is 23.1 Å². The van der Waals surface area contributed by atoms with Crippen LogP contribution in [0.5, 0.6) is 0 Å². The number of rotatable bonds is 6. The van der Waals surface area contributed by atoms with Crippen LogP contribution in [-0.2, 0) is 14.3 Å². The molecule has 0 aromatic heterocycles. The first-order valence-corrected chi connectivity index (χ1v) is 8.66. The lowest BCUT2D eigenvalue weighted by atomic mass is 10.1. The number of aryl methyl sites for hydroxylation is 2. The number of carbonyl (C=O) groups is 2. The van der Waals surface area contributed by atoms with Crippen LogP contribution in [0.4, 0.5) is 0 Å². The van der Waals surface area contributed by atoms with E-state index < -0.39 is 12.0 Å². The SMILES string of the molecule is COC1CC(C(=O)O)N(C(=O)CCSc2ccc(C)c(C)c2)C1. The molecule has 1 aromatic rings. The largest absolute Gasteiger partial charge is 0.480 e. The van der Waals surface area contributed by atoms with Gasteiger partial charge in [0, 0.05) is 37.1 Å². The van der Waals surface area contributed by atoms with Crippen LogP contribution in [0.1, 0.15) is 24.0 Å². The van der Waals surface area contributed by atoms with Crippen molar-refractivity contribution in [3.8, 4) is 0 Å². The van der Waals surface area contributed by atoms with Gasteiger partial charge >= 0.3 is 5.97 Å². The van der Waals surface area contributed by atoms with Crippen molar-refractivity contribution in [3.63, 3.8) is 0 Å². The molecule has 6 heteroatoms. The first kappa shape index (κ1) is 17.8. The van der Waals surface area contributed by atoms with Crippen molar-refractivity contribution in [2.75, 3.05) is 19.4 Å². The standard InChI is InChI=1S/C17H23NO4S/c1-11-4-5-14(8-12(11)2)23-7-6-16(19)18-10-13(22-3)9-15(18)17(20)21/h4-5,8,13,15H,6-7,9-10H2,1-3H3,(H,20,21). The van der Waals surface area contributed by atoms with Crippen molar-refractivity contribution >= 4 is 23.6 Å². The average molecular weight is 337 g/mol. The van der Waals surface area contributed by atoms with Gasteiger partial charge in [-0.25, -0.2) is 4.79 Å². The van der Waals surface area contributed by atoms with Crippen LogP contribution >= 0.6 is 11.8 Å². The molecule has 1 heterocycles. The van der Waals surface area contributed by atoms with Gasteiger partial charge in [0.05, 0.1) is 6.10 Å². The number of thioether (sulfide) groups is 1. The highest BCUT2D eigenvalue weighted by Gasteiger charge is 2.39. The fraction of sp³-hybridized carbons (Fsp3) is 0.529. The van der Waals surface area contributed by atoms with E-state index in [-0.39, 0.29) is 12.0 Å². The minimum Gasteiger partial charge on any atom is -0.480 e. The van der Waals surface area contributed by atoms with Gasteiger partial charge in [-0.15, -0.1) is 11.8 Å². The van der Waals surface area contributed by atoms with E-state index in [4.69, 9.17) is 4.74 Å². The van der Waals surface area contributed by atoms with Gasteiger partial charge in [-0.1, -0.05) is 6.07 Å². The zero-order chi connectivity index (χ0) is 17.0. The predicted octanol–water partition coefficient (Wildman–Crippen LogP) is 2.49. The van der Waals surface area contributed by atoms with Crippen molar-refractivity contribution in [1.29, 1.82) is 0 Å². The third kappa shape index (κ3) is 4.48. The molecule has 2 atom stereocenters. The molecule has 1 aliphatic rings. The number of ether oxygens (including phenoxy) is 1. The molecule has 5 nitrogen and oxygen atoms in total. The maximum absolute atomic E-state index is 12.3. The van der Waals surface area contributed by atoms with Gasteiger partial charge in [0.25, 0.3) is 0 Å². The first-order chi connectivity index (χ1) is 10.9. The molecular formula is C17H23NO4S. The van der Waals surface area contributed by atoms with Gasteiger partial charge in [-0.05, 0) is 37.1 Å². The molecule has 1 fully saturated rings. The van der Waals surface area contributed by atoms with Gasteiger partial charge in [-0.3, -0.25) is 4.79 Å². The van der Waals surface area contributed by atoms with Crippen molar-refractivity contribution in [3.05, 3.63) is 29.3 Å². The number of benzene rings is 1. The summed E-state index contributed by atoms with van der Waals surface area (Å²) >= 11 is 1.62. The lowest BCUT2D eigenvalue weighted by Crippen LogP contribution is -2.40. The summed E-state index contributed by atoms with van der Waals surface area (Å²) in [4.78, 5) is 26.2. The number of carboxylic acids is 1. The molecule has 0 bridgehead atoms. The maximum Gasteiger partial charge on any atom is 0.326 e. The summed E-state index contributed by atoms with van der Waals surface area (Å²) in [6, 6.07) is 5.47. The molecule has 23 heavy (non-hydrogen) atoms. The second-order valence-corrected chi connectivity index (χ2v) is 7.01. The number of aliphatic carboxylic acids is 1. The third-order valence-electron chi connectivity index (χ3n) is 4.26. The molecule has 0 aliphatic carbocycles. The topological polar surface area (TPSA) is 66.8 Å². The fourth-order valence-electron chi connectivity index (χ4n) is 2.68. The van der Waals surface area contributed by atoms with Crippen LogP contribution in [0, 0.1) is 13.8 Å². The lowest BCUT2D eigenvalue weighted by molar-refractivity contribution is -0.148. The molecule has 1 aromatic carbocycles. The Morgan fingerprint density at radius 1 is 1.35 bits per heavy atom. The van der Waals surface area contributed by atoms with Gasteiger partial charge in [0.2, 0.25) is 5.91 Å². The van der Waals surface area contributed by atoms with E-state index in [1.54, 1.807) is 18.9 Å². The second-order valence-electron chi connectivity index (χ2n) is 5.84. The molecule has 126 valence electrons. The maximum atomic E-state index is 12.3. The quantitative estimate of drug-likeness (QED) is 0.808. The molecule has 1 N–H and O–H groups in total. The Bertz CT molecular complexity index is 590. The van der Waals surface area contributed by atoms with Crippen LogP contribution < -0.4 is 0 Å². The number of nitrogens with zero attached hydrogens (tertiary/aromatic N) is 1. The molecule has 0 radical (unpaired) electrons. The summed E-state index contributed by atoms with van der Waals surface area (Å²) < 4.78 is 5.21. The molecule has 1 saturated heterocycles. The van der Waals surface area contributed by atoms with Crippen molar-refractivity contribution in [2.24, 2.45) is 0 Å². The number of amides is 1. The van der Waals surface area contributed by atoms with Crippen molar-refractivity contribution in [2.45, 2.75) is 43.7 Å². The number of carbonyl (C=O) groups excluding carboxylic acids is 1. The minimum absolute atomic E-state index is 0.117. The second kappa shape index (κ2) is 7.84. The summed E-state index contributed by atoms with van der Waals surface area (Å²) in [6.45, 7) is 4.50. The van der Waals surface area contributed by atoms with Crippen LogP contribution in [0.3, 0.4) is 0 Å². The molecule has 2 rings (SSSR count). The smallest absolute Gasteiger partial charge is 0.326 e. The van der Waals surface area contributed by atoms with E-state index in [0.29, 0.717) is 25.1 Å². The van der Waals surface area contributed by atoms with Gasteiger partial charge in [0.15, 0.2) is 0 Å². The summed E-state index contributed by atoms with van der Waals surface area (Å²) in [5, 5.41) is 9.25. The molecule has 0 spiro atoms. The van der Waals surface area contributed by atoms with E-state index in [9.17, 15) is 14.7 Å². The lowest BCUT2D eigenvalue weighted by Gasteiger charge is -2.21.